The summed E-state index contributed by atoms with van der Waals surface area (Å²) in [6.45, 7) is 0.905. The molecule has 3 heterocycles. The van der Waals surface area contributed by atoms with E-state index in [1.807, 2.05) is 0 Å². The summed E-state index contributed by atoms with van der Waals surface area (Å²) in [5.41, 5.74) is 2.35. The molecule has 1 fully saturated rings. The Morgan fingerprint density at radius 1 is 1.32 bits per heavy atom. The molecule has 0 spiro atoms. The molecule has 0 bridgehead atoms. The van der Waals surface area contributed by atoms with Gasteiger partial charge in [-0.15, -0.1) is 10.2 Å². The minimum absolute atomic E-state index is 0.109. The topological polar surface area (TPSA) is 101 Å². The summed E-state index contributed by atoms with van der Waals surface area (Å²) < 4.78 is 5.51. The summed E-state index contributed by atoms with van der Waals surface area (Å²) in [5, 5.41) is 10.4. The van der Waals surface area contributed by atoms with Crippen LogP contribution in [0, 0.1) is 0 Å². The van der Waals surface area contributed by atoms with E-state index in [0.717, 1.165) is 12.8 Å². The fourth-order valence-electron chi connectivity index (χ4n) is 2.99. The third kappa shape index (κ3) is 2.92. The molecule has 1 aromatic carbocycles. The first-order valence-corrected chi connectivity index (χ1v) is 8.71. The number of rotatable bonds is 4. The van der Waals surface area contributed by atoms with Gasteiger partial charge in [-0.3, -0.25) is 24.6 Å². The summed E-state index contributed by atoms with van der Waals surface area (Å²) in [7, 11) is 0. The first kappa shape index (κ1) is 15.9. The van der Waals surface area contributed by atoms with E-state index in [1.165, 1.54) is 39.9 Å². The van der Waals surface area contributed by atoms with Gasteiger partial charge in [-0.25, -0.2) is 0 Å². The minimum atomic E-state index is -0.405. The second kappa shape index (κ2) is 6.34. The maximum Gasteiger partial charge on any atom is 0.261 e. The third-order valence-corrected chi connectivity index (χ3v) is 4.83. The Morgan fingerprint density at radius 2 is 2.16 bits per heavy atom. The van der Waals surface area contributed by atoms with Crippen molar-refractivity contribution in [3.63, 3.8) is 0 Å². The van der Waals surface area contributed by atoms with E-state index in [9.17, 15) is 14.4 Å². The summed E-state index contributed by atoms with van der Waals surface area (Å²) in [4.78, 5) is 38.5. The van der Waals surface area contributed by atoms with Crippen molar-refractivity contribution in [1.82, 2.24) is 15.1 Å². The Kier molecular flexibility index (Phi) is 4.02. The maximum atomic E-state index is 12.6. The number of fused-ring (bicyclic) bond motifs is 1. The van der Waals surface area contributed by atoms with Crippen LogP contribution in [0.25, 0.3) is 0 Å². The highest BCUT2D eigenvalue weighted by atomic mass is 32.1. The van der Waals surface area contributed by atoms with E-state index in [1.54, 1.807) is 0 Å². The average Bonchev–Trinajstić information content (AvgIpc) is 3.35. The average molecular weight is 358 g/mol. The Morgan fingerprint density at radius 3 is 2.88 bits per heavy atom. The molecule has 3 amide bonds. The molecule has 128 valence electrons. The molecule has 1 unspecified atom stereocenters. The lowest BCUT2D eigenvalue weighted by atomic mass is 10.1. The largest absolute Gasteiger partial charge is 0.376 e. The zero-order valence-electron chi connectivity index (χ0n) is 13.1. The minimum Gasteiger partial charge on any atom is -0.376 e. The lowest BCUT2D eigenvalue weighted by Gasteiger charge is -2.17. The normalized spacial score (nSPS) is 19.4. The number of hydrogen-bond acceptors (Lipinski definition) is 7. The fraction of sp³-hybridized carbons (Fsp3) is 0.312. The number of amides is 3. The Bertz CT molecular complexity index is 846. The van der Waals surface area contributed by atoms with E-state index in [0.29, 0.717) is 17.3 Å². The highest BCUT2D eigenvalue weighted by molar-refractivity contribution is 7.13. The molecule has 0 radical (unpaired) electrons. The first-order chi connectivity index (χ1) is 12.1. The second-order valence-corrected chi connectivity index (χ2v) is 6.65. The van der Waals surface area contributed by atoms with Crippen molar-refractivity contribution in [1.29, 1.82) is 0 Å². The second-order valence-electron chi connectivity index (χ2n) is 5.81. The standard InChI is InChI=1S/C16H14N4O4S/c21-13(18-16-19-17-8-25-16)9-3-4-11-12(6-9)15(23)20(14(11)22)7-10-2-1-5-24-10/h3-4,6,8,10H,1-2,5,7H2,(H,18,19,21). The van der Waals surface area contributed by atoms with Gasteiger partial charge >= 0.3 is 0 Å². The SMILES string of the molecule is O=C(Nc1nncs1)c1ccc2c(c1)C(=O)N(CC1CCCO1)C2=O. The molecule has 9 heteroatoms. The number of nitrogens with one attached hydrogen (secondary N) is 1. The van der Waals surface area contributed by atoms with Crippen molar-refractivity contribution in [2.75, 3.05) is 18.5 Å². The summed E-state index contributed by atoms with van der Waals surface area (Å²) >= 11 is 1.19. The van der Waals surface area contributed by atoms with Gasteiger partial charge in [0, 0.05) is 12.2 Å². The smallest absolute Gasteiger partial charge is 0.261 e. The van der Waals surface area contributed by atoms with Crippen molar-refractivity contribution in [2.45, 2.75) is 18.9 Å². The number of benzene rings is 1. The zero-order chi connectivity index (χ0) is 17.4. The van der Waals surface area contributed by atoms with E-state index >= 15 is 0 Å². The number of aromatic nitrogens is 2. The van der Waals surface area contributed by atoms with E-state index < -0.39 is 5.91 Å². The zero-order valence-corrected chi connectivity index (χ0v) is 13.9. The fourth-order valence-corrected chi connectivity index (χ4v) is 3.43. The predicted octanol–water partition coefficient (Wildman–Crippen LogP) is 1.57. The molecule has 1 atom stereocenters. The van der Waals surface area contributed by atoms with Crippen LogP contribution in [0.15, 0.2) is 23.7 Å². The van der Waals surface area contributed by atoms with Gasteiger partial charge in [0.05, 0.1) is 23.8 Å². The van der Waals surface area contributed by atoms with Crippen LogP contribution in [0.3, 0.4) is 0 Å². The maximum absolute atomic E-state index is 12.6. The van der Waals surface area contributed by atoms with Crippen LogP contribution in [-0.2, 0) is 4.74 Å². The highest BCUT2D eigenvalue weighted by Crippen LogP contribution is 2.26. The lowest BCUT2D eigenvalue weighted by molar-refractivity contribution is 0.0475. The van der Waals surface area contributed by atoms with Crippen molar-refractivity contribution < 1.29 is 19.1 Å². The molecule has 0 aliphatic carbocycles. The van der Waals surface area contributed by atoms with Gasteiger partial charge in [0.1, 0.15) is 5.51 Å². The molecule has 1 aromatic heterocycles. The number of carbonyl (C=O) groups is 3. The van der Waals surface area contributed by atoms with Gasteiger partial charge in [0.25, 0.3) is 17.7 Å². The van der Waals surface area contributed by atoms with Gasteiger partial charge in [-0.2, -0.15) is 0 Å². The van der Waals surface area contributed by atoms with E-state index in [2.05, 4.69) is 15.5 Å². The number of imide groups is 1. The molecule has 8 nitrogen and oxygen atoms in total. The van der Waals surface area contributed by atoms with Crippen LogP contribution in [0.2, 0.25) is 0 Å². The highest BCUT2D eigenvalue weighted by Gasteiger charge is 2.37. The molecule has 4 rings (SSSR count). The van der Waals surface area contributed by atoms with Crippen molar-refractivity contribution in [3.05, 3.63) is 40.4 Å². The molecule has 2 aromatic rings. The Balaban J connectivity index is 1.55. The predicted molar refractivity (Wildman–Crippen MR) is 88.6 cm³/mol. The van der Waals surface area contributed by atoms with Crippen LogP contribution in [0.4, 0.5) is 5.13 Å². The molecule has 2 aliphatic heterocycles. The number of anilines is 1. The summed E-state index contributed by atoms with van der Waals surface area (Å²) in [6, 6.07) is 4.48. The van der Waals surface area contributed by atoms with E-state index in [4.69, 9.17) is 4.74 Å². The van der Waals surface area contributed by atoms with Crippen LogP contribution in [0.1, 0.15) is 43.9 Å². The number of carbonyl (C=O) groups excluding carboxylic acids is 3. The van der Waals surface area contributed by atoms with Gasteiger partial charge in [0.2, 0.25) is 5.13 Å². The quantitative estimate of drug-likeness (QED) is 0.833. The van der Waals surface area contributed by atoms with Crippen LogP contribution < -0.4 is 5.32 Å². The monoisotopic (exact) mass is 358 g/mol. The molecule has 1 saturated heterocycles. The third-order valence-electron chi connectivity index (χ3n) is 4.22. The van der Waals surface area contributed by atoms with Gasteiger partial charge in [-0.05, 0) is 31.0 Å². The Labute approximate surface area is 146 Å². The number of nitrogens with zero attached hydrogens (tertiary/aromatic N) is 3. The van der Waals surface area contributed by atoms with Crippen LogP contribution >= 0.6 is 11.3 Å². The molecular formula is C16H14N4O4S. The van der Waals surface area contributed by atoms with Gasteiger partial charge < -0.3 is 4.74 Å². The van der Waals surface area contributed by atoms with Crippen molar-refractivity contribution in [3.8, 4) is 0 Å². The molecular weight excluding hydrogens is 344 g/mol. The molecule has 25 heavy (non-hydrogen) atoms. The van der Waals surface area contributed by atoms with Crippen LogP contribution in [0.5, 0.6) is 0 Å². The van der Waals surface area contributed by atoms with Crippen LogP contribution in [-0.4, -0.2) is 52.1 Å². The molecule has 1 N–H and O–H groups in total. The molecule has 0 saturated carbocycles. The van der Waals surface area contributed by atoms with E-state index in [-0.39, 0.29) is 35.6 Å². The lowest BCUT2D eigenvalue weighted by Crippen LogP contribution is -2.36. The van der Waals surface area contributed by atoms with Crippen molar-refractivity contribution in [2.24, 2.45) is 0 Å². The number of ether oxygens (including phenoxy) is 1. The number of hydrogen-bond donors (Lipinski definition) is 1. The van der Waals surface area contributed by atoms with Crippen molar-refractivity contribution >= 4 is 34.2 Å². The summed E-state index contributed by atoms with van der Waals surface area (Å²) in [5.74, 6) is -1.13. The van der Waals surface area contributed by atoms with Gasteiger partial charge in [0.15, 0.2) is 0 Å². The molecule has 2 aliphatic rings. The summed E-state index contributed by atoms with van der Waals surface area (Å²) in [6.07, 6.45) is 1.66. The Hall–Kier alpha value is -2.65. The van der Waals surface area contributed by atoms with Gasteiger partial charge in [-0.1, -0.05) is 11.3 Å². The first-order valence-electron chi connectivity index (χ1n) is 7.83.